The summed E-state index contributed by atoms with van der Waals surface area (Å²) in [6.45, 7) is 6.15. The zero-order chi connectivity index (χ0) is 20.2. The van der Waals surface area contributed by atoms with Gasteiger partial charge in [-0.2, -0.15) is 5.10 Å². The lowest BCUT2D eigenvalue weighted by Gasteiger charge is -2.33. The quantitative estimate of drug-likeness (QED) is 0.670. The fourth-order valence-corrected chi connectivity index (χ4v) is 3.90. The summed E-state index contributed by atoms with van der Waals surface area (Å²) in [4.78, 5) is 24.6. The van der Waals surface area contributed by atoms with Crippen LogP contribution in [0.5, 0.6) is 0 Å². The molecular formula is C20H24N6O2S. The van der Waals surface area contributed by atoms with E-state index >= 15 is 0 Å². The topological polar surface area (TPSA) is 85.2 Å². The number of ether oxygens (including phenoxy) is 1. The van der Waals surface area contributed by atoms with E-state index in [4.69, 9.17) is 4.74 Å². The number of carbonyl (C=O) groups excluding carboxylic acids is 1. The maximum Gasteiger partial charge on any atom is 0.224 e. The second-order valence-corrected chi connectivity index (χ2v) is 8.25. The number of aromatic nitrogens is 4. The Morgan fingerprint density at radius 2 is 2.24 bits per heavy atom. The summed E-state index contributed by atoms with van der Waals surface area (Å²) >= 11 is 1.58. The molecule has 0 bridgehead atoms. The van der Waals surface area contributed by atoms with Crippen LogP contribution in [0.1, 0.15) is 28.8 Å². The van der Waals surface area contributed by atoms with E-state index in [0.29, 0.717) is 32.7 Å². The summed E-state index contributed by atoms with van der Waals surface area (Å²) in [6.07, 6.45) is 3.91. The Bertz CT molecular complexity index is 985. The molecule has 1 aliphatic heterocycles. The van der Waals surface area contributed by atoms with Gasteiger partial charge in [-0.1, -0.05) is 6.07 Å². The van der Waals surface area contributed by atoms with E-state index in [1.54, 1.807) is 11.3 Å². The molecule has 8 nitrogen and oxygen atoms in total. The predicted molar refractivity (Wildman–Crippen MR) is 111 cm³/mol. The summed E-state index contributed by atoms with van der Waals surface area (Å²) in [7, 11) is 0. The van der Waals surface area contributed by atoms with Crippen molar-refractivity contribution in [3.63, 3.8) is 0 Å². The summed E-state index contributed by atoms with van der Waals surface area (Å²) in [5.41, 5.74) is 1.76. The van der Waals surface area contributed by atoms with Crippen LogP contribution < -0.4 is 5.32 Å². The molecule has 0 aliphatic carbocycles. The zero-order valence-electron chi connectivity index (χ0n) is 16.5. The first-order chi connectivity index (χ1) is 14.1. The molecule has 1 unspecified atom stereocenters. The zero-order valence-corrected chi connectivity index (χ0v) is 17.4. The molecule has 29 heavy (non-hydrogen) atoms. The molecule has 9 heteroatoms. The van der Waals surface area contributed by atoms with Gasteiger partial charge in [-0.05, 0) is 32.0 Å². The van der Waals surface area contributed by atoms with E-state index in [2.05, 4.69) is 20.4 Å². The Balaban J connectivity index is 1.37. The highest BCUT2D eigenvalue weighted by Crippen LogP contribution is 2.25. The molecule has 1 amide bonds. The van der Waals surface area contributed by atoms with Gasteiger partial charge in [0, 0.05) is 36.8 Å². The van der Waals surface area contributed by atoms with E-state index in [0.717, 1.165) is 27.2 Å². The number of morpholine rings is 1. The molecule has 3 aromatic rings. The van der Waals surface area contributed by atoms with Gasteiger partial charge in [0.15, 0.2) is 5.13 Å². The van der Waals surface area contributed by atoms with Crippen LogP contribution in [0.15, 0.2) is 36.7 Å². The van der Waals surface area contributed by atoms with Gasteiger partial charge in [0.25, 0.3) is 0 Å². The first-order valence-corrected chi connectivity index (χ1v) is 10.4. The molecule has 0 spiro atoms. The molecule has 1 aliphatic rings. The van der Waals surface area contributed by atoms with Crippen LogP contribution in [0.2, 0.25) is 0 Å². The normalized spacial score (nSPS) is 16.8. The summed E-state index contributed by atoms with van der Waals surface area (Å²) in [6, 6.07) is 7.71. The smallest absolute Gasteiger partial charge is 0.224 e. The minimum atomic E-state index is -0.237. The van der Waals surface area contributed by atoms with Crippen molar-refractivity contribution in [3.05, 3.63) is 52.9 Å². The largest absolute Gasteiger partial charge is 0.368 e. The maximum atomic E-state index is 12.7. The van der Waals surface area contributed by atoms with Crippen molar-refractivity contribution in [2.45, 2.75) is 32.9 Å². The fraction of sp³-hybridized carbons (Fsp3) is 0.400. The molecule has 1 N–H and O–H groups in total. The van der Waals surface area contributed by atoms with Crippen molar-refractivity contribution in [1.82, 2.24) is 24.6 Å². The highest BCUT2D eigenvalue weighted by atomic mass is 32.1. The van der Waals surface area contributed by atoms with Crippen LogP contribution in [-0.4, -0.2) is 50.3 Å². The highest BCUT2D eigenvalue weighted by Gasteiger charge is 2.26. The van der Waals surface area contributed by atoms with Gasteiger partial charge in [0.1, 0.15) is 11.9 Å². The number of thiazole rings is 1. The third-order valence-electron chi connectivity index (χ3n) is 4.70. The average Bonchev–Trinajstić information content (AvgIpc) is 3.34. The van der Waals surface area contributed by atoms with Crippen molar-refractivity contribution >= 4 is 28.2 Å². The van der Waals surface area contributed by atoms with Crippen molar-refractivity contribution in [1.29, 1.82) is 0 Å². The van der Waals surface area contributed by atoms with Crippen molar-refractivity contribution in [3.8, 4) is 0 Å². The van der Waals surface area contributed by atoms with Crippen LogP contribution in [-0.2, 0) is 16.1 Å². The Labute approximate surface area is 173 Å². The van der Waals surface area contributed by atoms with E-state index in [-0.39, 0.29) is 12.0 Å². The Kier molecular flexibility index (Phi) is 5.86. The van der Waals surface area contributed by atoms with Gasteiger partial charge in [-0.15, -0.1) is 11.3 Å². The molecule has 1 atom stereocenters. The molecule has 0 radical (unpaired) electrons. The summed E-state index contributed by atoms with van der Waals surface area (Å²) in [5.74, 6) is 0.831. The monoisotopic (exact) mass is 412 g/mol. The second kappa shape index (κ2) is 8.71. The van der Waals surface area contributed by atoms with E-state index < -0.39 is 0 Å². The van der Waals surface area contributed by atoms with Gasteiger partial charge in [-0.25, -0.2) is 9.97 Å². The minimum Gasteiger partial charge on any atom is -0.368 e. The standard InChI is InChI=1S/C20H24N6O2S/c1-14-6-8-26(24-14)9-7-19(27)25-10-11-28-17(13-25)16-4-3-5-18(22-16)23-20-21-12-15(2)29-20/h3-6,8,12,17H,7,9-11,13H2,1-2H3,(H,21,22,23). The van der Waals surface area contributed by atoms with Crippen LogP contribution in [0.3, 0.4) is 0 Å². The van der Waals surface area contributed by atoms with E-state index in [1.807, 2.05) is 60.1 Å². The Morgan fingerprint density at radius 3 is 3.00 bits per heavy atom. The number of anilines is 2. The van der Waals surface area contributed by atoms with E-state index in [9.17, 15) is 4.79 Å². The van der Waals surface area contributed by atoms with Gasteiger partial charge < -0.3 is 15.0 Å². The van der Waals surface area contributed by atoms with Crippen molar-refractivity contribution in [2.24, 2.45) is 0 Å². The van der Waals surface area contributed by atoms with Crippen molar-refractivity contribution in [2.75, 3.05) is 25.0 Å². The van der Waals surface area contributed by atoms with E-state index in [1.165, 1.54) is 0 Å². The summed E-state index contributed by atoms with van der Waals surface area (Å²) in [5, 5.41) is 8.37. The molecule has 4 heterocycles. The fourth-order valence-electron chi connectivity index (χ4n) is 3.23. The number of rotatable bonds is 6. The molecule has 1 saturated heterocycles. The number of aryl methyl sites for hydroxylation is 3. The predicted octanol–water partition coefficient (Wildman–Crippen LogP) is 3.09. The van der Waals surface area contributed by atoms with Gasteiger partial charge >= 0.3 is 0 Å². The molecule has 3 aromatic heterocycles. The van der Waals surface area contributed by atoms with Crippen LogP contribution in [0, 0.1) is 13.8 Å². The minimum absolute atomic E-state index is 0.110. The molecule has 152 valence electrons. The van der Waals surface area contributed by atoms with Gasteiger partial charge in [0.05, 0.1) is 24.5 Å². The number of hydrogen-bond acceptors (Lipinski definition) is 7. The highest BCUT2D eigenvalue weighted by molar-refractivity contribution is 7.15. The number of hydrogen-bond donors (Lipinski definition) is 1. The molecule has 0 saturated carbocycles. The Morgan fingerprint density at radius 1 is 1.34 bits per heavy atom. The third-order valence-corrected chi connectivity index (χ3v) is 5.53. The third kappa shape index (κ3) is 4.99. The lowest BCUT2D eigenvalue weighted by molar-refractivity contribution is -0.139. The number of pyridine rings is 1. The maximum absolute atomic E-state index is 12.7. The SMILES string of the molecule is Cc1ccn(CCC(=O)N2CCOC(c3cccc(Nc4ncc(C)s4)n3)C2)n1. The average molecular weight is 413 g/mol. The van der Waals surface area contributed by atoms with Crippen LogP contribution in [0.4, 0.5) is 10.9 Å². The first kappa shape index (κ1) is 19.5. The van der Waals surface area contributed by atoms with Gasteiger partial charge in [0.2, 0.25) is 5.91 Å². The lowest BCUT2D eigenvalue weighted by atomic mass is 10.1. The molecule has 1 fully saturated rings. The number of nitrogens with one attached hydrogen (secondary N) is 1. The number of amides is 1. The molecule has 4 rings (SSSR count). The molecular weight excluding hydrogens is 388 g/mol. The van der Waals surface area contributed by atoms with Crippen molar-refractivity contribution < 1.29 is 9.53 Å². The number of nitrogens with zero attached hydrogens (tertiary/aromatic N) is 5. The van der Waals surface area contributed by atoms with Crippen LogP contribution >= 0.6 is 11.3 Å². The number of carbonyl (C=O) groups is 1. The molecule has 0 aromatic carbocycles. The second-order valence-electron chi connectivity index (χ2n) is 7.02. The first-order valence-electron chi connectivity index (χ1n) is 9.63. The van der Waals surface area contributed by atoms with Crippen LogP contribution in [0.25, 0.3) is 0 Å². The Hall–Kier alpha value is -2.78. The lowest BCUT2D eigenvalue weighted by Crippen LogP contribution is -2.42. The van der Waals surface area contributed by atoms with Gasteiger partial charge in [-0.3, -0.25) is 9.48 Å². The summed E-state index contributed by atoms with van der Waals surface area (Å²) < 4.78 is 7.71.